The lowest BCUT2D eigenvalue weighted by atomic mass is 10.2. The minimum atomic E-state index is -0.501. The number of methoxy groups -OCH3 is 1. The second-order valence-electron chi connectivity index (χ2n) is 4.45. The van der Waals surface area contributed by atoms with E-state index in [2.05, 4.69) is 15.4 Å². The summed E-state index contributed by atoms with van der Waals surface area (Å²) in [5.74, 6) is -0.209. The number of ether oxygens (including phenoxy) is 3. The highest BCUT2D eigenvalue weighted by Crippen LogP contribution is 2.18. The maximum atomic E-state index is 12.0. The van der Waals surface area contributed by atoms with Crippen molar-refractivity contribution in [1.29, 1.82) is 0 Å². The third kappa shape index (κ3) is 5.51. The van der Waals surface area contributed by atoms with Gasteiger partial charge in [-0.1, -0.05) is 6.07 Å². The molecular formula is C14H19ClN2O5. The maximum absolute atomic E-state index is 12.0. The zero-order valence-corrected chi connectivity index (χ0v) is 13.0. The predicted octanol–water partition coefficient (Wildman–Crippen LogP) is 0.587. The number of benzene rings is 1. The van der Waals surface area contributed by atoms with Crippen LogP contribution in [0.25, 0.3) is 0 Å². The molecule has 1 amide bonds. The maximum Gasteiger partial charge on any atom is 0.343 e. The summed E-state index contributed by atoms with van der Waals surface area (Å²) < 4.78 is 15.1. The lowest BCUT2D eigenvalue weighted by Crippen LogP contribution is -2.45. The van der Waals surface area contributed by atoms with Gasteiger partial charge in [-0.05, 0) is 12.1 Å². The van der Waals surface area contributed by atoms with Crippen LogP contribution in [0, 0.1) is 0 Å². The molecule has 2 rings (SSSR count). The van der Waals surface area contributed by atoms with E-state index in [0.717, 1.165) is 6.54 Å². The summed E-state index contributed by atoms with van der Waals surface area (Å²) in [4.78, 5) is 23.0. The third-order valence-electron chi connectivity index (χ3n) is 2.91. The van der Waals surface area contributed by atoms with E-state index in [4.69, 9.17) is 9.47 Å². The Hall–Kier alpha value is -1.83. The predicted molar refractivity (Wildman–Crippen MR) is 82.4 cm³/mol. The molecule has 1 aromatic rings. The van der Waals surface area contributed by atoms with Gasteiger partial charge in [-0.25, -0.2) is 4.79 Å². The van der Waals surface area contributed by atoms with Crippen LogP contribution in [-0.2, 0) is 19.1 Å². The van der Waals surface area contributed by atoms with Gasteiger partial charge in [-0.3, -0.25) is 4.79 Å². The van der Waals surface area contributed by atoms with Crippen LogP contribution in [0.5, 0.6) is 5.75 Å². The molecule has 1 aliphatic heterocycles. The molecule has 2 N–H and O–H groups in total. The number of hydrogen-bond acceptors (Lipinski definition) is 6. The first-order valence-electron chi connectivity index (χ1n) is 6.62. The summed E-state index contributed by atoms with van der Waals surface area (Å²) in [6, 6.07) is 6.79. The first-order chi connectivity index (χ1) is 10.2. The Morgan fingerprint density at radius 3 is 2.95 bits per heavy atom. The van der Waals surface area contributed by atoms with E-state index in [9.17, 15) is 9.59 Å². The molecule has 22 heavy (non-hydrogen) atoms. The number of esters is 1. The average molecular weight is 331 g/mol. The monoisotopic (exact) mass is 330 g/mol. The Balaban J connectivity index is 0.00000242. The fraction of sp³-hybridized carbons (Fsp3) is 0.429. The number of carbonyl (C=O) groups is 2. The summed E-state index contributed by atoms with van der Waals surface area (Å²) in [6.07, 6.45) is -0.501. The van der Waals surface area contributed by atoms with Crippen molar-refractivity contribution >= 4 is 30.0 Å². The standard InChI is InChI=1S/C14H18N2O5.ClH/c1-19-13(17)9-21-11-4-2-3-10(7-11)16-14(18)12-8-15-5-6-20-12;/h2-4,7,12,15H,5-6,8-9H2,1H3,(H,16,18);1H. The van der Waals surface area contributed by atoms with Crippen molar-refractivity contribution < 1.29 is 23.8 Å². The van der Waals surface area contributed by atoms with Crippen LogP contribution in [-0.4, -0.2) is 51.4 Å². The molecule has 0 radical (unpaired) electrons. The minimum absolute atomic E-state index is 0. The fourth-order valence-corrected chi connectivity index (χ4v) is 1.82. The number of nitrogens with one attached hydrogen (secondary N) is 2. The van der Waals surface area contributed by atoms with Crippen molar-refractivity contribution in [2.45, 2.75) is 6.10 Å². The van der Waals surface area contributed by atoms with Crippen LogP contribution in [0.4, 0.5) is 5.69 Å². The molecule has 1 fully saturated rings. The zero-order valence-electron chi connectivity index (χ0n) is 12.2. The highest BCUT2D eigenvalue weighted by molar-refractivity contribution is 5.94. The fourth-order valence-electron chi connectivity index (χ4n) is 1.82. The molecule has 0 bridgehead atoms. The number of amides is 1. The number of carbonyl (C=O) groups excluding carboxylic acids is 2. The molecule has 0 aliphatic carbocycles. The Morgan fingerprint density at radius 1 is 1.45 bits per heavy atom. The van der Waals surface area contributed by atoms with Crippen LogP contribution >= 0.6 is 12.4 Å². The summed E-state index contributed by atoms with van der Waals surface area (Å²) in [7, 11) is 1.29. The number of hydrogen-bond donors (Lipinski definition) is 2. The highest BCUT2D eigenvalue weighted by atomic mass is 35.5. The van der Waals surface area contributed by atoms with Crippen molar-refractivity contribution in [3.05, 3.63) is 24.3 Å². The Bertz CT molecular complexity index is 506. The second-order valence-corrected chi connectivity index (χ2v) is 4.45. The largest absolute Gasteiger partial charge is 0.482 e. The topological polar surface area (TPSA) is 85.9 Å². The van der Waals surface area contributed by atoms with E-state index < -0.39 is 12.1 Å². The van der Waals surface area contributed by atoms with Crippen LogP contribution in [0.2, 0.25) is 0 Å². The Morgan fingerprint density at radius 2 is 2.27 bits per heavy atom. The molecule has 1 aromatic carbocycles. The average Bonchev–Trinajstić information content (AvgIpc) is 2.53. The lowest BCUT2D eigenvalue weighted by Gasteiger charge is -2.22. The molecule has 122 valence electrons. The van der Waals surface area contributed by atoms with Crippen LogP contribution in [0.3, 0.4) is 0 Å². The first kappa shape index (κ1) is 18.2. The molecule has 1 heterocycles. The number of halogens is 1. The van der Waals surface area contributed by atoms with Crippen molar-refractivity contribution in [2.75, 3.05) is 38.7 Å². The van der Waals surface area contributed by atoms with Gasteiger partial charge in [0.05, 0.1) is 13.7 Å². The van der Waals surface area contributed by atoms with Gasteiger partial charge >= 0.3 is 5.97 Å². The van der Waals surface area contributed by atoms with Gasteiger partial charge < -0.3 is 24.8 Å². The van der Waals surface area contributed by atoms with Crippen LogP contribution < -0.4 is 15.4 Å². The van der Waals surface area contributed by atoms with Crippen molar-refractivity contribution in [1.82, 2.24) is 5.32 Å². The highest BCUT2D eigenvalue weighted by Gasteiger charge is 2.21. The smallest absolute Gasteiger partial charge is 0.343 e. The van der Waals surface area contributed by atoms with E-state index in [0.29, 0.717) is 24.6 Å². The first-order valence-corrected chi connectivity index (χ1v) is 6.62. The number of morpholine rings is 1. The molecule has 1 atom stereocenters. The van der Waals surface area contributed by atoms with E-state index in [1.807, 2.05) is 0 Å². The summed E-state index contributed by atoms with van der Waals surface area (Å²) in [5, 5.41) is 5.84. The van der Waals surface area contributed by atoms with Gasteiger partial charge in [-0.2, -0.15) is 0 Å². The Kier molecular flexibility index (Phi) is 7.65. The normalized spacial score (nSPS) is 17.0. The molecule has 0 spiro atoms. The molecule has 1 unspecified atom stereocenters. The molecular weight excluding hydrogens is 312 g/mol. The molecule has 1 aliphatic rings. The quantitative estimate of drug-likeness (QED) is 0.768. The third-order valence-corrected chi connectivity index (χ3v) is 2.91. The SMILES string of the molecule is COC(=O)COc1cccc(NC(=O)C2CNCCO2)c1.Cl. The van der Waals surface area contributed by atoms with E-state index in [1.54, 1.807) is 24.3 Å². The molecule has 7 nitrogen and oxygen atoms in total. The van der Waals surface area contributed by atoms with Crippen molar-refractivity contribution in [2.24, 2.45) is 0 Å². The van der Waals surface area contributed by atoms with E-state index in [-0.39, 0.29) is 24.9 Å². The molecule has 8 heteroatoms. The zero-order chi connectivity index (χ0) is 15.1. The van der Waals surface area contributed by atoms with Crippen molar-refractivity contribution in [3.63, 3.8) is 0 Å². The number of rotatable bonds is 5. The molecule has 0 aromatic heterocycles. The summed E-state index contributed by atoms with van der Waals surface area (Å²) in [6.45, 7) is 1.58. The molecule has 1 saturated heterocycles. The van der Waals surface area contributed by atoms with Gasteiger partial charge in [-0.15, -0.1) is 12.4 Å². The van der Waals surface area contributed by atoms with Crippen molar-refractivity contribution in [3.8, 4) is 5.75 Å². The van der Waals surface area contributed by atoms with Gasteiger partial charge in [0.1, 0.15) is 11.9 Å². The van der Waals surface area contributed by atoms with Gasteiger partial charge in [0, 0.05) is 24.8 Å². The van der Waals surface area contributed by atoms with Crippen LogP contribution in [0.15, 0.2) is 24.3 Å². The van der Waals surface area contributed by atoms with Gasteiger partial charge in [0.15, 0.2) is 6.61 Å². The van der Waals surface area contributed by atoms with E-state index >= 15 is 0 Å². The Labute approximate surface area is 134 Å². The second kappa shape index (κ2) is 9.24. The van der Waals surface area contributed by atoms with Crippen LogP contribution in [0.1, 0.15) is 0 Å². The summed E-state index contributed by atoms with van der Waals surface area (Å²) in [5.41, 5.74) is 0.580. The van der Waals surface area contributed by atoms with Gasteiger partial charge in [0.25, 0.3) is 5.91 Å². The summed E-state index contributed by atoms with van der Waals surface area (Å²) >= 11 is 0. The number of anilines is 1. The molecule has 0 saturated carbocycles. The lowest BCUT2D eigenvalue weighted by molar-refractivity contribution is -0.142. The van der Waals surface area contributed by atoms with Gasteiger partial charge in [0.2, 0.25) is 0 Å². The van der Waals surface area contributed by atoms with E-state index in [1.165, 1.54) is 7.11 Å². The minimum Gasteiger partial charge on any atom is -0.482 e.